The van der Waals surface area contributed by atoms with Crippen LogP contribution < -0.4 is 0 Å². The van der Waals surface area contributed by atoms with Gasteiger partial charge >= 0.3 is 5.97 Å². The number of hydrogen-bond donors (Lipinski definition) is 0. The van der Waals surface area contributed by atoms with Crippen LogP contribution in [0.15, 0.2) is 18.2 Å². The molecule has 0 unspecified atom stereocenters. The van der Waals surface area contributed by atoms with Crippen LogP contribution in [0.25, 0.3) is 0 Å². The Morgan fingerprint density at radius 2 is 2.06 bits per heavy atom. The zero-order chi connectivity index (χ0) is 12.3. The predicted molar refractivity (Wildman–Crippen MR) is 64.2 cm³/mol. The molecule has 0 heterocycles. The molecule has 16 heavy (non-hydrogen) atoms. The number of rotatable bonds is 2. The first kappa shape index (κ1) is 13.2. The monoisotopic (exact) mass is 288 g/mol. The van der Waals surface area contributed by atoms with Gasteiger partial charge in [0.1, 0.15) is 11.4 Å². The summed E-state index contributed by atoms with van der Waals surface area (Å²) in [6, 6.07) is 4.20. The molecule has 1 rings (SSSR count). The Kier molecular flexibility index (Phi) is 4.08. The molecular formula is C12H14BrFO2. The first-order chi connectivity index (χ1) is 7.33. The quantitative estimate of drug-likeness (QED) is 0.613. The summed E-state index contributed by atoms with van der Waals surface area (Å²) >= 11 is 3.16. The lowest BCUT2D eigenvalue weighted by molar-refractivity contribution is 0.00694. The molecule has 0 aliphatic rings. The molecule has 0 aromatic heterocycles. The second kappa shape index (κ2) is 4.95. The molecule has 1 aromatic rings. The summed E-state index contributed by atoms with van der Waals surface area (Å²) in [5.41, 5.74) is 0.272. The summed E-state index contributed by atoms with van der Waals surface area (Å²) in [6.45, 7) is 5.37. The third kappa shape index (κ3) is 3.59. The molecule has 4 heteroatoms. The van der Waals surface area contributed by atoms with Gasteiger partial charge in [0, 0.05) is 5.33 Å². The van der Waals surface area contributed by atoms with E-state index >= 15 is 0 Å². The predicted octanol–water partition coefficient (Wildman–Crippen LogP) is 3.68. The molecule has 0 fully saturated rings. The maximum atomic E-state index is 13.2. The van der Waals surface area contributed by atoms with E-state index in [1.165, 1.54) is 18.2 Å². The van der Waals surface area contributed by atoms with Gasteiger partial charge in [-0.15, -0.1) is 0 Å². The van der Waals surface area contributed by atoms with Crippen molar-refractivity contribution in [3.8, 4) is 0 Å². The van der Waals surface area contributed by atoms with Crippen LogP contribution in [0.1, 0.15) is 36.7 Å². The van der Waals surface area contributed by atoms with E-state index in [0.717, 1.165) is 0 Å². The van der Waals surface area contributed by atoms with Crippen molar-refractivity contribution in [2.75, 3.05) is 0 Å². The summed E-state index contributed by atoms with van der Waals surface area (Å²) in [6.07, 6.45) is 0. The first-order valence-electron chi connectivity index (χ1n) is 4.91. The number of esters is 1. The van der Waals surface area contributed by atoms with Crippen LogP contribution in [0, 0.1) is 5.82 Å². The van der Waals surface area contributed by atoms with E-state index in [1.807, 2.05) is 0 Å². The van der Waals surface area contributed by atoms with Gasteiger partial charge in [0.2, 0.25) is 0 Å². The Morgan fingerprint density at radius 3 is 2.56 bits per heavy atom. The van der Waals surface area contributed by atoms with Crippen LogP contribution in [0.4, 0.5) is 4.39 Å². The van der Waals surface area contributed by atoms with Crippen LogP contribution in [0.3, 0.4) is 0 Å². The zero-order valence-electron chi connectivity index (χ0n) is 9.51. The van der Waals surface area contributed by atoms with Crippen molar-refractivity contribution in [2.45, 2.75) is 31.7 Å². The highest BCUT2D eigenvalue weighted by Gasteiger charge is 2.18. The van der Waals surface area contributed by atoms with E-state index in [1.54, 1.807) is 20.8 Å². The van der Waals surface area contributed by atoms with Gasteiger partial charge in [-0.2, -0.15) is 0 Å². The van der Waals surface area contributed by atoms with E-state index in [0.29, 0.717) is 16.5 Å². The van der Waals surface area contributed by atoms with Crippen molar-refractivity contribution in [2.24, 2.45) is 0 Å². The number of hydrogen-bond acceptors (Lipinski definition) is 2. The van der Waals surface area contributed by atoms with Crippen molar-refractivity contribution >= 4 is 21.9 Å². The van der Waals surface area contributed by atoms with Gasteiger partial charge in [0.15, 0.2) is 0 Å². The van der Waals surface area contributed by atoms with Crippen LogP contribution in [-0.4, -0.2) is 11.6 Å². The molecule has 0 aliphatic carbocycles. The van der Waals surface area contributed by atoms with E-state index in [2.05, 4.69) is 15.9 Å². The fourth-order valence-corrected chi connectivity index (χ4v) is 1.57. The van der Waals surface area contributed by atoms with Crippen LogP contribution >= 0.6 is 15.9 Å². The lowest BCUT2D eigenvalue weighted by atomic mass is 10.1. The fourth-order valence-electron chi connectivity index (χ4n) is 1.14. The highest BCUT2D eigenvalue weighted by atomic mass is 79.9. The highest BCUT2D eigenvalue weighted by molar-refractivity contribution is 9.08. The van der Waals surface area contributed by atoms with Gasteiger partial charge in [-0.25, -0.2) is 9.18 Å². The summed E-state index contributed by atoms with van der Waals surface area (Å²) < 4.78 is 18.4. The third-order valence-corrected chi connectivity index (χ3v) is 2.43. The van der Waals surface area contributed by atoms with Crippen LogP contribution in [0.5, 0.6) is 0 Å². The Balaban J connectivity index is 2.93. The van der Waals surface area contributed by atoms with Crippen molar-refractivity contribution in [1.29, 1.82) is 0 Å². The smallest absolute Gasteiger partial charge is 0.338 e. The molecular weight excluding hydrogens is 275 g/mol. The Hall–Kier alpha value is -0.900. The van der Waals surface area contributed by atoms with Crippen LogP contribution in [0.2, 0.25) is 0 Å². The van der Waals surface area contributed by atoms with Crippen molar-refractivity contribution < 1.29 is 13.9 Å². The van der Waals surface area contributed by atoms with Gasteiger partial charge < -0.3 is 4.74 Å². The van der Waals surface area contributed by atoms with E-state index in [-0.39, 0.29) is 5.82 Å². The van der Waals surface area contributed by atoms with E-state index in [4.69, 9.17) is 4.74 Å². The van der Waals surface area contributed by atoms with Gasteiger partial charge in [-0.3, -0.25) is 0 Å². The molecule has 0 spiro atoms. The number of ether oxygens (including phenoxy) is 1. The topological polar surface area (TPSA) is 26.3 Å². The number of benzene rings is 1. The molecule has 0 radical (unpaired) electrons. The summed E-state index contributed by atoms with van der Waals surface area (Å²) in [7, 11) is 0. The van der Waals surface area contributed by atoms with Gasteiger partial charge in [0.25, 0.3) is 0 Å². The summed E-state index contributed by atoms with van der Waals surface area (Å²) in [5.74, 6) is -0.765. The molecule has 88 valence electrons. The summed E-state index contributed by atoms with van der Waals surface area (Å²) in [5, 5.41) is 0.371. The van der Waals surface area contributed by atoms with Gasteiger partial charge in [-0.1, -0.05) is 15.9 Å². The Labute approximate surface area is 103 Å². The van der Waals surface area contributed by atoms with Crippen molar-refractivity contribution in [3.63, 3.8) is 0 Å². The second-order valence-corrected chi connectivity index (χ2v) is 5.00. The van der Waals surface area contributed by atoms with Gasteiger partial charge in [0.05, 0.1) is 5.56 Å². The minimum atomic E-state index is -0.542. The SMILES string of the molecule is CC(C)(C)OC(=O)c1ccc(F)c(CBr)c1. The van der Waals surface area contributed by atoms with Gasteiger partial charge in [-0.05, 0) is 44.5 Å². The molecule has 0 amide bonds. The second-order valence-electron chi connectivity index (χ2n) is 4.44. The normalized spacial score (nSPS) is 11.3. The van der Waals surface area contributed by atoms with Crippen molar-refractivity contribution in [3.05, 3.63) is 35.1 Å². The molecule has 0 bridgehead atoms. The lowest BCUT2D eigenvalue weighted by Crippen LogP contribution is -2.24. The molecule has 0 saturated heterocycles. The zero-order valence-corrected chi connectivity index (χ0v) is 11.1. The van der Waals surface area contributed by atoms with E-state index in [9.17, 15) is 9.18 Å². The molecule has 2 nitrogen and oxygen atoms in total. The largest absolute Gasteiger partial charge is 0.456 e. The Morgan fingerprint density at radius 1 is 1.44 bits per heavy atom. The number of carbonyl (C=O) groups excluding carboxylic acids is 1. The molecule has 0 aliphatic heterocycles. The molecule has 0 N–H and O–H groups in total. The maximum absolute atomic E-state index is 13.2. The van der Waals surface area contributed by atoms with Crippen LogP contribution in [-0.2, 0) is 10.1 Å². The first-order valence-corrected chi connectivity index (χ1v) is 6.03. The Bertz CT molecular complexity index is 396. The molecule has 0 atom stereocenters. The minimum Gasteiger partial charge on any atom is -0.456 e. The van der Waals surface area contributed by atoms with Crippen molar-refractivity contribution in [1.82, 2.24) is 0 Å². The summed E-state index contributed by atoms with van der Waals surface area (Å²) in [4.78, 5) is 11.7. The number of carbonyl (C=O) groups is 1. The van der Waals surface area contributed by atoms with E-state index < -0.39 is 11.6 Å². The average Bonchev–Trinajstić information content (AvgIpc) is 2.15. The number of alkyl halides is 1. The average molecular weight is 289 g/mol. The lowest BCUT2D eigenvalue weighted by Gasteiger charge is -2.19. The maximum Gasteiger partial charge on any atom is 0.338 e. The standard InChI is InChI=1S/C12H14BrFO2/c1-12(2,3)16-11(15)8-4-5-10(14)9(6-8)7-13/h4-6H,7H2,1-3H3. The molecule has 0 saturated carbocycles. The highest BCUT2D eigenvalue weighted by Crippen LogP contribution is 2.17. The minimum absolute atomic E-state index is 0.329. The number of halogens is 2. The fraction of sp³-hybridized carbons (Fsp3) is 0.417. The third-order valence-electron chi connectivity index (χ3n) is 1.82. The molecule has 1 aromatic carbocycles.